The number of hydrogen-bond acceptors (Lipinski definition) is 5. The van der Waals surface area contributed by atoms with Gasteiger partial charge in [-0.3, -0.25) is 10.1 Å². The summed E-state index contributed by atoms with van der Waals surface area (Å²) < 4.78 is 18.6. The molecule has 0 aliphatic heterocycles. The van der Waals surface area contributed by atoms with Gasteiger partial charge in [0.25, 0.3) is 0 Å². The first-order valence-electron chi connectivity index (χ1n) is 6.17. The second-order valence-electron chi connectivity index (χ2n) is 5.25. The molecule has 0 spiro atoms. The van der Waals surface area contributed by atoms with Crippen molar-refractivity contribution in [3.63, 3.8) is 0 Å². The Kier molecular flexibility index (Phi) is 5.26. The molecule has 1 aromatic rings. The zero-order valence-electron chi connectivity index (χ0n) is 11.8. The van der Waals surface area contributed by atoms with E-state index in [0.717, 1.165) is 6.07 Å². The lowest BCUT2D eigenvalue weighted by Crippen LogP contribution is -2.24. The minimum Gasteiger partial charge on any atom is -0.497 e. The number of nitrogens with zero attached hydrogens (tertiary/aromatic N) is 1. The molecule has 112 valence electrons. The van der Waals surface area contributed by atoms with Gasteiger partial charge in [-0.2, -0.15) is 4.39 Å². The summed E-state index contributed by atoms with van der Waals surface area (Å²) in [6.45, 7) is 4.18. The molecule has 0 aliphatic rings. The molecule has 0 saturated carbocycles. The first-order chi connectivity index (χ1) is 9.30. The summed E-state index contributed by atoms with van der Waals surface area (Å²) in [5.74, 6) is -0.743. The molecule has 1 rings (SSSR count). The number of nitro benzene ring substituents is 1. The maximum absolute atomic E-state index is 13.7. The van der Waals surface area contributed by atoms with Gasteiger partial charge in [0.1, 0.15) is 11.4 Å². The summed E-state index contributed by atoms with van der Waals surface area (Å²) in [4.78, 5) is 10.2. The fraction of sp³-hybridized carbons (Fsp3) is 0.538. The molecule has 0 atom stereocenters. The van der Waals surface area contributed by atoms with Crippen LogP contribution in [0.25, 0.3) is 0 Å². The quantitative estimate of drug-likeness (QED) is 0.594. The molecule has 0 amide bonds. The predicted molar refractivity (Wildman–Crippen MR) is 73.6 cm³/mol. The van der Waals surface area contributed by atoms with Gasteiger partial charge in [-0.1, -0.05) is 13.8 Å². The number of ether oxygens (including phenoxy) is 1. The van der Waals surface area contributed by atoms with E-state index >= 15 is 0 Å². The Bertz CT molecular complexity index is 492. The van der Waals surface area contributed by atoms with Gasteiger partial charge in [0, 0.05) is 25.3 Å². The molecule has 0 heterocycles. The molecule has 0 fully saturated rings. The van der Waals surface area contributed by atoms with Crippen LogP contribution in [0, 0.1) is 21.3 Å². The second kappa shape index (κ2) is 6.51. The van der Waals surface area contributed by atoms with Crippen LogP contribution >= 0.6 is 0 Å². The topological polar surface area (TPSA) is 84.6 Å². The minimum absolute atomic E-state index is 0.0171. The summed E-state index contributed by atoms with van der Waals surface area (Å²) >= 11 is 0. The standard InChI is InChI=1S/C13H19FN2O4/c1-13(2,4-5-17)8-15-11-7-9(20-3)6-10(14)12(11)16(18)19/h6-7,15,17H,4-5,8H2,1-3H3. The summed E-state index contributed by atoms with van der Waals surface area (Å²) in [7, 11) is 1.36. The SMILES string of the molecule is COc1cc(F)c([N+](=O)[O-])c(NCC(C)(C)CCO)c1. The van der Waals surface area contributed by atoms with Crippen LogP contribution in [0.3, 0.4) is 0 Å². The maximum atomic E-state index is 13.7. The Morgan fingerprint density at radius 1 is 1.50 bits per heavy atom. The molecule has 2 N–H and O–H groups in total. The smallest absolute Gasteiger partial charge is 0.327 e. The van der Waals surface area contributed by atoms with Crippen molar-refractivity contribution in [3.8, 4) is 5.75 Å². The monoisotopic (exact) mass is 286 g/mol. The van der Waals surface area contributed by atoms with E-state index in [1.165, 1.54) is 13.2 Å². The van der Waals surface area contributed by atoms with Crippen molar-refractivity contribution in [2.45, 2.75) is 20.3 Å². The van der Waals surface area contributed by atoms with Crippen molar-refractivity contribution in [1.82, 2.24) is 0 Å². The number of benzene rings is 1. The van der Waals surface area contributed by atoms with E-state index in [1.54, 1.807) is 0 Å². The van der Waals surface area contributed by atoms with Gasteiger partial charge in [-0.25, -0.2) is 0 Å². The lowest BCUT2D eigenvalue weighted by molar-refractivity contribution is -0.386. The highest BCUT2D eigenvalue weighted by Gasteiger charge is 2.24. The average molecular weight is 286 g/mol. The zero-order valence-corrected chi connectivity index (χ0v) is 11.8. The number of anilines is 1. The van der Waals surface area contributed by atoms with E-state index in [-0.39, 0.29) is 23.5 Å². The lowest BCUT2D eigenvalue weighted by Gasteiger charge is -2.24. The van der Waals surface area contributed by atoms with Crippen LogP contribution in [-0.4, -0.2) is 30.3 Å². The van der Waals surface area contributed by atoms with Crippen molar-refractivity contribution in [2.75, 3.05) is 25.6 Å². The van der Waals surface area contributed by atoms with E-state index in [0.29, 0.717) is 13.0 Å². The number of nitrogens with one attached hydrogen (secondary N) is 1. The van der Waals surface area contributed by atoms with Crippen molar-refractivity contribution >= 4 is 11.4 Å². The van der Waals surface area contributed by atoms with Crippen LogP contribution in [0.4, 0.5) is 15.8 Å². The van der Waals surface area contributed by atoms with Gasteiger partial charge in [0.05, 0.1) is 12.0 Å². The number of rotatable bonds is 7. The van der Waals surface area contributed by atoms with E-state index in [9.17, 15) is 14.5 Å². The number of hydrogen-bond donors (Lipinski definition) is 2. The van der Waals surface area contributed by atoms with Gasteiger partial charge in [-0.05, 0) is 11.8 Å². The third-order valence-corrected chi connectivity index (χ3v) is 3.00. The normalized spacial score (nSPS) is 11.2. The first-order valence-corrected chi connectivity index (χ1v) is 6.17. The molecule has 0 unspecified atom stereocenters. The summed E-state index contributed by atoms with van der Waals surface area (Å²) in [6.07, 6.45) is 0.528. The van der Waals surface area contributed by atoms with Crippen LogP contribution in [0.1, 0.15) is 20.3 Å². The van der Waals surface area contributed by atoms with Gasteiger partial charge in [0.2, 0.25) is 5.82 Å². The predicted octanol–water partition coefficient (Wildman–Crippen LogP) is 2.56. The van der Waals surface area contributed by atoms with Crippen LogP contribution in [0.2, 0.25) is 0 Å². The van der Waals surface area contributed by atoms with Crippen molar-refractivity contribution < 1.29 is 19.2 Å². The number of halogens is 1. The van der Waals surface area contributed by atoms with Gasteiger partial charge in [-0.15, -0.1) is 0 Å². The molecule has 0 aliphatic carbocycles. The van der Waals surface area contributed by atoms with Crippen LogP contribution in [0.15, 0.2) is 12.1 Å². The Balaban J connectivity index is 3.03. The minimum atomic E-state index is -0.947. The highest BCUT2D eigenvalue weighted by atomic mass is 19.1. The third-order valence-electron chi connectivity index (χ3n) is 3.00. The van der Waals surface area contributed by atoms with E-state index in [2.05, 4.69) is 5.32 Å². The number of aliphatic hydroxyl groups excluding tert-OH is 1. The average Bonchev–Trinajstić information content (AvgIpc) is 2.35. The molecule has 20 heavy (non-hydrogen) atoms. The molecule has 0 radical (unpaired) electrons. The summed E-state index contributed by atoms with van der Waals surface area (Å²) in [6, 6.07) is 2.36. The molecule has 7 heteroatoms. The fourth-order valence-electron chi connectivity index (χ4n) is 1.74. The Hall–Kier alpha value is -1.89. The third kappa shape index (κ3) is 4.06. The molecule has 0 aromatic heterocycles. The lowest BCUT2D eigenvalue weighted by atomic mass is 9.89. The molecule has 1 aromatic carbocycles. The highest BCUT2D eigenvalue weighted by Crippen LogP contribution is 2.33. The highest BCUT2D eigenvalue weighted by molar-refractivity contribution is 5.65. The molecule has 0 bridgehead atoms. The van der Waals surface area contributed by atoms with E-state index in [1.807, 2.05) is 13.8 Å². The number of nitro groups is 1. The summed E-state index contributed by atoms with van der Waals surface area (Å²) in [5, 5.41) is 22.8. The molecule has 6 nitrogen and oxygen atoms in total. The zero-order chi connectivity index (χ0) is 15.3. The number of methoxy groups -OCH3 is 1. The molecule has 0 saturated heterocycles. The largest absolute Gasteiger partial charge is 0.497 e. The van der Waals surface area contributed by atoms with E-state index < -0.39 is 16.4 Å². The maximum Gasteiger partial charge on any atom is 0.327 e. The van der Waals surface area contributed by atoms with Crippen molar-refractivity contribution in [3.05, 3.63) is 28.1 Å². The van der Waals surface area contributed by atoms with Gasteiger partial charge < -0.3 is 15.2 Å². The van der Waals surface area contributed by atoms with Crippen LogP contribution in [0.5, 0.6) is 5.75 Å². The Morgan fingerprint density at radius 3 is 2.65 bits per heavy atom. The van der Waals surface area contributed by atoms with Crippen molar-refractivity contribution in [2.24, 2.45) is 5.41 Å². The van der Waals surface area contributed by atoms with Crippen LogP contribution < -0.4 is 10.1 Å². The first kappa shape index (κ1) is 16.2. The van der Waals surface area contributed by atoms with Crippen LogP contribution in [-0.2, 0) is 0 Å². The molecular weight excluding hydrogens is 267 g/mol. The Labute approximate surface area is 116 Å². The second-order valence-corrected chi connectivity index (χ2v) is 5.25. The molecular formula is C13H19FN2O4. The van der Waals surface area contributed by atoms with Gasteiger partial charge in [0.15, 0.2) is 0 Å². The van der Waals surface area contributed by atoms with E-state index in [4.69, 9.17) is 9.84 Å². The summed E-state index contributed by atoms with van der Waals surface area (Å²) in [5.41, 5.74) is -0.814. The number of aliphatic hydroxyl groups is 1. The fourth-order valence-corrected chi connectivity index (χ4v) is 1.74. The van der Waals surface area contributed by atoms with Gasteiger partial charge >= 0.3 is 5.69 Å². The van der Waals surface area contributed by atoms with Crippen molar-refractivity contribution in [1.29, 1.82) is 0 Å². The Morgan fingerprint density at radius 2 is 2.15 bits per heavy atom.